The fourth-order valence-corrected chi connectivity index (χ4v) is 2.79. The van der Waals surface area contributed by atoms with Gasteiger partial charge in [0.25, 0.3) is 5.91 Å². The zero-order valence-corrected chi connectivity index (χ0v) is 15.8. The third-order valence-corrected chi connectivity index (χ3v) is 4.11. The number of hydrogen-bond donors (Lipinski definition) is 1. The first kappa shape index (κ1) is 19.2. The second-order valence-corrected chi connectivity index (χ2v) is 6.36. The van der Waals surface area contributed by atoms with E-state index in [1.807, 2.05) is 36.1 Å². The van der Waals surface area contributed by atoms with Crippen molar-refractivity contribution in [1.82, 2.24) is 14.9 Å². The minimum Gasteiger partial charge on any atom is -0.350 e. The van der Waals surface area contributed by atoms with Crippen LogP contribution in [0.2, 0.25) is 5.02 Å². The van der Waals surface area contributed by atoms with Gasteiger partial charge < -0.3 is 10.2 Å². The number of benzene rings is 1. The van der Waals surface area contributed by atoms with Crippen LogP contribution in [0.4, 0.5) is 5.95 Å². The molecule has 0 atom stereocenters. The Balaban J connectivity index is 2.16. The molecule has 0 saturated carbocycles. The summed E-state index contributed by atoms with van der Waals surface area (Å²) in [5.41, 5.74) is 2.14. The van der Waals surface area contributed by atoms with Crippen molar-refractivity contribution >= 4 is 23.5 Å². The molecule has 0 aliphatic carbocycles. The summed E-state index contributed by atoms with van der Waals surface area (Å²) in [5, 5.41) is 3.85. The second-order valence-electron chi connectivity index (χ2n) is 5.96. The minimum absolute atomic E-state index is 0.0463. The van der Waals surface area contributed by atoms with Crippen LogP contribution in [0.3, 0.4) is 0 Å². The van der Waals surface area contributed by atoms with E-state index >= 15 is 0 Å². The monoisotopic (exact) mass is 360 g/mol. The Hall–Kier alpha value is -2.14. The van der Waals surface area contributed by atoms with Crippen LogP contribution in [0.1, 0.15) is 48.4 Å². The van der Waals surface area contributed by atoms with Gasteiger partial charge in [-0.1, -0.05) is 43.6 Å². The zero-order chi connectivity index (χ0) is 18.2. The van der Waals surface area contributed by atoms with Crippen LogP contribution in [0.15, 0.2) is 30.3 Å². The molecule has 0 saturated heterocycles. The minimum atomic E-state index is -0.0463. The highest BCUT2D eigenvalue weighted by molar-refractivity contribution is 6.31. The van der Waals surface area contributed by atoms with E-state index in [9.17, 15) is 4.79 Å². The van der Waals surface area contributed by atoms with Crippen LogP contribution in [0, 0.1) is 6.92 Å². The first-order chi connectivity index (χ1) is 12.0. The lowest BCUT2D eigenvalue weighted by Gasteiger charge is -2.21. The van der Waals surface area contributed by atoms with Gasteiger partial charge in [-0.3, -0.25) is 4.79 Å². The zero-order valence-electron chi connectivity index (χ0n) is 15.1. The summed E-state index contributed by atoms with van der Waals surface area (Å²) < 4.78 is 0. The quantitative estimate of drug-likeness (QED) is 0.761. The van der Waals surface area contributed by atoms with Crippen molar-refractivity contribution in [1.29, 1.82) is 0 Å². The lowest BCUT2D eigenvalue weighted by molar-refractivity contribution is 0.0749. The van der Waals surface area contributed by atoms with E-state index in [4.69, 9.17) is 11.6 Å². The summed E-state index contributed by atoms with van der Waals surface area (Å²) in [4.78, 5) is 23.4. The molecule has 1 aromatic carbocycles. The van der Waals surface area contributed by atoms with Gasteiger partial charge in [-0.05, 0) is 37.5 Å². The highest BCUT2D eigenvalue weighted by Gasteiger charge is 2.17. The summed E-state index contributed by atoms with van der Waals surface area (Å²) >= 11 is 6.17. The Morgan fingerprint density at radius 3 is 2.48 bits per heavy atom. The molecule has 1 N–H and O–H groups in total. The molecule has 0 bridgehead atoms. The molecule has 134 valence electrons. The van der Waals surface area contributed by atoms with Crippen molar-refractivity contribution < 1.29 is 4.79 Å². The molecule has 0 radical (unpaired) electrons. The van der Waals surface area contributed by atoms with E-state index in [2.05, 4.69) is 29.1 Å². The van der Waals surface area contributed by atoms with Crippen molar-refractivity contribution in [3.05, 3.63) is 52.3 Å². The summed E-state index contributed by atoms with van der Waals surface area (Å²) in [7, 11) is 0. The predicted octanol–water partition coefficient (Wildman–Crippen LogP) is 4.31. The van der Waals surface area contributed by atoms with Gasteiger partial charge >= 0.3 is 0 Å². The number of aromatic nitrogens is 2. The first-order valence-corrected chi connectivity index (χ1v) is 9.05. The van der Waals surface area contributed by atoms with Gasteiger partial charge in [0.15, 0.2) is 0 Å². The number of carbonyl (C=O) groups excluding carboxylic acids is 1. The van der Waals surface area contributed by atoms with E-state index in [1.165, 1.54) is 0 Å². The van der Waals surface area contributed by atoms with Gasteiger partial charge in [-0.25, -0.2) is 9.97 Å². The molecule has 2 rings (SSSR count). The Morgan fingerprint density at radius 2 is 1.84 bits per heavy atom. The molecule has 1 heterocycles. The molecule has 25 heavy (non-hydrogen) atoms. The van der Waals surface area contributed by atoms with Crippen LogP contribution in [0.5, 0.6) is 0 Å². The highest BCUT2D eigenvalue weighted by Crippen LogP contribution is 2.16. The third kappa shape index (κ3) is 5.43. The number of hydrogen-bond acceptors (Lipinski definition) is 4. The van der Waals surface area contributed by atoms with E-state index in [0.717, 1.165) is 37.2 Å². The van der Waals surface area contributed by atoms with E-state index in [-0.39, 0.29) is 5.91 Å². The van der Waals surface area contributed by atoms with Gasteiger partial charge in [-0.15, -0.1) is 0 Å². The van der Waals surface area contributed by atoms with Crippen molar-refractivity contribution in [3.63, 3.8) is 0 Å². The molecule has 0 unspecified atom stereocenters. The number of amides is 1. The van der Waals surface area contributed by atoms with E-state index in [0.29, 0.717) is 23.2 Å². The van der Waals surface area contributed by atoms with Crippen LogP contribution < -0.4 is 5.32 Å². The summed E-state index contributed by atoms with van der Waals surface area (Å²) in [6.45, 7) is 7.97. The average molecular weight is 361 g/mol. The number of halogens is 1. The maximum absolute atomic E-state index is 12.7. The highest BCUT2D eigenvalue weighted by atomic mass is 35.5. The van der Waals surface area contributed by atoms with Gasteiger partial charge in [0.1, 0.15) is 5.69 Å². The van der Waals surface area contributed by atoms with Gasteiger partial charge in [0.2, 0.25) is 5.95 Å². The lowest BCUT2D eigenvalue weighted by Crippen LogP contribution is -2.33. The molecule has 0 fully saturated rings. The molecule has 2 aromatic rings. The Kier molecular flexibility index (Phi) is 7.19. The molecule has 6 heteroatoms. The number of aryl methyl sites for hydroxylation is 1. The molecule has 0 spiro atoms. The molecular weight excluding hydrogens is 336 g/mol. The fraction of sp³-hybridized carbons (Fsp3) is 0.421. The van der Waals surface area contributed by atoms with Gasteiger partial charge in [0, 0.05) is 30.4 Å². The normalized spacial score (nSPS) is 10.6. The Bertz CT molecular complexity index is 714. The van der Waals surface area contributed by atoms with Gasteiger partial charge in [-0.2, -0.15) is 0 Å². The summed E-state index contributed by atoms with van der Waals surface area (Å²) in [5.74, 6) is 0.395. The van der Waals surface area contributed by atoms with Crippen LogP contribution in [-0.2, 0) is 6.54 Å². The standard InChI is InChI=1S/C19H25ClN4O/c1-4-10-24(11-5-2)18(25)17-12-14(3)22-19(23-17)21-13-15-8-6-7-9-16(15)20/h6-9,12H,4-5,10-11,13H2,1-3H3,(H,21,22,23). The van der Waals surface area contributed by atoms with E-state index < -0.39 is 0 Å². The van der Waals surface area contributed by atoms with Crippen LogP contribution in [0.25, 0.3) is 0 Å². The van der Waals surface area contributed by atoms with Crippen molar-refractivity contribution in [2.24, 2.45) is 0 Å². The maximum Gasteiger partial charge on any atom is 0.272 e. The number of nitrogens with zero attached hydrogens (tertiary/aromatic N) is 3. The predicted molar refractivity (Wildman–Crippen MR) is 102 cm³/mol. The average Bonchev–Trinajstić information content (AvgIpc) is 2.60. The van der Waals surface area contributed by atoms with E-state index in [1.54, 1.807) is 6.07 Å². The molecular formula is C19H25ClN4O. The summed E-state index contributed by atoms with van der Waals surface area (Å²) in [6.07, 6.45) is 1.85. The smallest absolute Gasteiger partial charge is 0.272 e. The van der Waals surface area contributed by atoms with Crippen LogP contribution >= 0.6 is 11.6 Å². The Morgan fingerprint density at radius 1 is 1.16 bits per heavy atom. The SMILES string of the molecule is CCCN(CCC)C(=O)c1cc(C)nc(NCc2ccccc2Cl)n1. The second kappa shape index (κ2) is 9.37. The number of carbonyl (C=O) groups is 1. The van der Waals surface area contributed by atoms with Crippen LogP contribution in [-0.4, -0.2) is 33.9 Å². The molecule has 1 aromatic heterocycles. The first-order valence-electron chi connectivity index (χ1n) is 8.67. The molecule has 5 nitrogen and oxygen atoms in total. The number of anilines is 1. The molecule has 0 aliphatic rings. The Labute approximate surface area is 154 Å². The summed E-state index contributed by atoms with van der Waals surface area (Å²) in [6, 6.07) is 9.35. The fourth-order valence-electron chi connectivity index (χ4n) is 2.59. The van der Waals surface area contributed by atoms with Gasteiger partial charge in [0.05, 0.1) is 0 Å². The number of rotatable bonds is 8. The topological polar surface area (TPSA) is 58.1 Å². The molecule has 0 aliphatic heterocycles. The number of nitrogens with one attached hydrogen (secondary N) is 1. The van der Waals surface area contributed by atoms with Crippen molar-refractivity contribution in [2.75, 3.05) is 18.4 Å². The maximum atomic E-state index is 12.7. The van der Waals surface area contributed by atoms with Crippen molar-refractivity contribution in [2.45, 2.75) is 40.2 Å². The lowest BCUT2D eigenvalue weighted by atomic mass is 10.2. The van der Waals surface area contributed by atoms with Crippen molar-refractivity contribution in [3.8, 4) is 0 Å². The molecule has 1 amide bonds. The largest absolute Gasteiger partial charge is 0.350 e. The third-order valence-electron chi connectivity index (χ3n) is 3.74.